The average molecular weight is 420 g/mol. The smallest absolute Gasteiger partial charge is 0.485 e. The van der Waals surface area contributed by atoms with Gasteiger partial charge in [0.2, 0.25) is 0 Å². The number of hydrogen-bond donors (Lipinski definition) is 0. The molecule has 3 rings (SSSR count). The first kappa shape index (κ1) is 21.2. The van der Waals surface area contributed by atoms with E-state index in [9.17, 15) is 13.2 Å². The van der Waals surface area contributed by atoms with Crippen molar-refractivity contribution in [1.82, 2.24) is 0 Å². The fraction of sp³-hybridized carbons (Fsp3) is 0.304. The monoisotopic (exact) mass is 420 g/mol. The van der Waals surface area contributed by atoms with Crippen LogP contribution in [0.25, 0.3) is 11.1 Å². The Morgan fingerprint density at radius 1 is 0.897 bits per heavy atom. The summed E-state index contributed by atoms with van der Waals surface area (Å²) in [5.74, 6) is 0.871. The van der Waals surface area contributed by atoms with E-state index in [4.69, 9.17) is 4.74 Å². The highest BCUT2D eigenvalue weighted by Crippen LogP contribution is 2.36. The Bertz CT molecular complexity index is 922. The van der Waals surface area contributed by atoms with Gasteiger partial charge in [0, 0.05) is 4.88 Å². The van der Waals surface area contributed by atoms with E-state index in [1.165, 1.54) is 17.0 Å². The minimum absolute atomic E-state index is 0.0292. The van der Waals surface area contributed by atoms with Crippen LogP contribution in [-0.2, 0) is 0 Å². The molecule has 0 aliphatic heterocycles. The Morgan fingerprint density at radius 3 is 2.00 bits per heavy atom. The molecule has 1 heterocycles. The molecule has 0 amide bonds. The Kier molecular flexibility index (Phi) is 6.22. The van der Waals surface area contributed by atoms with Gasteiger partial charge in [-0.15, -0.1) is 24.5 Å². The third kappa shape index (κ3) is 5.32. The Labute approximate surface area is 172 Å². The maximum Gasteiger partial charge on any atom is 0.573 e. The van der Waals surface area contributed by atoms with Crippen LogP contribution in [0.1, 0.15) is 36.0 Å². The van der Waals surface area contributed by atoms with Crippen molar-refractivity contribution in [3.05, 3.63) is 69.9 Å². The van der Waals surface area contributed by atoms with Gasteiger partial charge in [0.1, 0.15) is 17.6 Å². The van der Waals surface area contributed by atoms with Gasteiger partial charge >= 0.3 is 6.36 Å². The lowest BCUT2D eigenvalue weighted by Gasteiger charge is -2.23. The molecule has 2 nitrogen and oxygen atoms in total. The summed E-state index contributed by atoms with van der Waals surface area (Å²) in [4.78, 5) is 1.18. The highest BCUT2D eigenvalue weighted by molar-refractivity contribution is 7.10. The van der Waals surface area contributed by atoms with Crippen molar-refractivity contribution in [1.29, 1.82) is 0 Å². The lowest BCUT2D eigenvalue weighted by atomic mass is 9.95. The van der Waals surface area contributed by atoms with Gasteiger partial charge in [-0.25, -0.2) is 0 Å². The topological polar surface area (TPSA) is 18.5 Å². The van der Waals surface area contributed by atoms with Crippen LogP contribution in [-0.4, -0.2) is 6.36 Å². The van der Waals surface area contributed by atoms with Crippen LogP contribution in [0.4, 0.5) is 13.2 Å². The molecule has 154 valence electrons. The SMILES string of the molecule is Cc1cc(OC(c2cccs2)C(C)C)cc(C)c1-c1ccc(OC(F)(F)F)cc1. The molecule has 0 spiro atoms. The molecule has 1 atom stereocenters. The number of aryl methyl sites for hydroxylation is 2. The van der Waals surface area contributed by atoms with Gasteiger partial charge in [-0.2, -0.15) is 0 Å². The van der Waals surface area contributed by atoms with Crippen LogP contribution < -0.4 is 9.47 Å². The zero-order valence-electron chi connectivity index (χ0n) is 16.7. The largest absolute Gasteiger partial charge is 0.573 e. The quantitative estimate of drug-likeness (QED) is 0.407. The molecular formula is C23H23F3O2S. The zero-order valence-corrected chi connectivity index (χ0v) is 17.5. The van der Waals surface area contributed by atoms with Gasteiger partial charge in [0.05, 0.1) is 0 Å². The second kappa shape index (κ2) is 8.49. The first-order valence-corrected chi connectivity index (χ1v) is 10.2. The number of rotatable bonds is 6. The minimum Gasteiger partial charge on any atom is -0.485 e. The van der Waals surface area contributed by atoms with Gasteiger partial charge in [-0.1, -0.05) is 32.0 Å². The van der Waals surface area contributed by atoms with E-state index in [0.29, 0.717) is 5.92 Å². The molecule has 0 saturated heterocycles. The molecule has 6 heteroatoms. The first-order valence-electron chi connectivity index (χ1n) is 9.31. The minimum atomic E-state index is -4.69. The molecular weight excluding hydrogens is 397 g/mol. The van der Waals surface area contributed by atoms with Gasteiger partial charge in [-0.05, 0) is 77.7 Å². The van der Waals surface area contributed by atoms with E-state index >= 15 is 0 Å². The number of thiophene rings is 1. The third-order valence-electron chi connectivity index (χ3n) is 4.57. The summed E-state index contributed by atoms with van der Waals surface area (Å²) in [7, 11) is 0. The third-order valence-corrected chi connectivity index (χ3v) is 5.51. The summed E-state index contributed by atoms with van der Waals surface area (Å²) in [5, 5.41) is 2.04. The number of alkyl halides is 3. The molecule has 0 radical (unpaired) electrons. The summed E-state index contributed by atoms with van der Waals surface area (Å²) < 4.78 is 47.4. The molecule has 3 aromatic rings. The standard InChI is InChI=1S/C23H23F3O2S/c1-14(2)22(20-6-5-11-29-20)27-19-12-15(3)21(16(4)13-19)17-7-9-18(10-8-17)28-23(24,25)26/h5-14,22H,1-4H3. The second-order valence-electron chi connectivity index (χ2n) is 7.30. The molecule has 0 saturated carbocycles. The molecule has 29 heavy (non-hydrogen) atoms. The summed E-state index contributed by atoms with van der Waals surface area (Å²) in [6.45, 7) is 8.21. The number of hydrogen-bond acceptors (Lipinski definition) is 3. The van der Waals surface area contributed by atoms with Crippen molar-refractivity contribution < 1.29 is 22.6 Å². The predicted octanol–water partition coefficient (Wildman–Crippen LogP) is 7.71. The summed E-state index contributed by atoms with van der Waals surface area (Å²) >= 11 is 1.68. The molecule has 0 bridgehead atoms. The van der Waals surface area contributed by atoms with Crippen LogP contribution in [0.15, 0.2) is 53.9 Å². The normalized spacial score (nSPS) is 12.8. The first-order chi connectivity index (χ1) is 13.6. The maximum atomic E-state index is 12.4. The van der Waals surface area contributed by atoms with E-state index < -0.39 is 6.36 Å². The van der Waals surface area contributed by atoms with E-state index in [1.54, 1.807) is 23.5 Å². The molecule has 0 N–H and O–H groups in total. The number of benzene rings is 2. The number of halogens is 3. The molecule has 1 aromatic heterocycles. The van der Waals surface area contributed by atoms with E-state index in [1.807, 2.05) is 37.4 Å². The maximum absolute atomic E-state index is 12.4. The average Bonchev–Trinajstić information content (AvgIpc) is 3.13. The Balaban J connectivity index is 1.86. The molecule has 0 fully saturated rings. The Hall–Kier alpha value is -2.47. The van der Waals surface area contributed by atoms with Crippen LogP contribution in [0.2, 0.25) is 0 Å². The van der Waals surface area contributed by atoms with Crippen molar-refractivity contribution in [3.8, 4) is 22.6 Å². The van der Waals surface area contributed by atoms with E-state index in [2.05, 4.69) is 24.7 Å². The van der Waals surface area contributed by atoms with Gasteiger partial charge in [-0.3, -0.25) is 0 Å². The van der Waals surface area contributed by atoms with Crippen molar-refractivity contribution in [2.45, 2.75) is 40.2 Å². The van der Waals surface area contributed by atoms with Crippen molar-refractivity contribution in [2.75, 3.05) is 0 Å². The lowest BCUT2D eigenvalue weighted by molar-refractivity contribution is -0.274. The van der Waals surface area contributed by atoms with Crippen LogP contribution in [0.3, 0.4) is 0 Å². The fourth-order valence-electron chi connectivity index (χ4n) is 3.39. The molecule has 0 aliphatic rings. The van der Waals surface area contributed by atoms with Crippen LogP contribution >= 0.6 is 11.3 Å². The van der Waals surface area contributed by atoms with Gasteiger partial charge in [0.15, 0.2) is 0 Å². The summed E-state index contributed by atoms with van der Waals surface area (Å²) in [5.41, 5.74) is 3.81. The number of ether oxygens (including phenoxy) is 2. The highest BCUT2D eigenvalue weighted by atomic mass is 32.1. The predicted molar refractivity (Wildman–Crippen MR) is 111 cm³/mol. The van der Waals surface area contributed by atoms with E-state index in [-0.39, 0.29) is 11.9 Å². The zero-order chi connectivity index (χ0) is 21.2. The highest BCUT2D eigenvalue weighted by Gasteiger charge is 2.31. The van der Waals surface area contributed by atoms with Crippen molar-refractivity contribution in [3.63, 3.8) is 0 Å². The van der Waals surface area contributed by atoms with Gasteiger partial charge < -0.3 is 9.47 Å². The van der Waals surface area contributed by atoms with Gasteiger partial charge in [0.25, 0.3) is 0 Å². The van der Waals surface area contributed by atoms with Crippen LogP contribution in [0.5, 0.6) is 11.5 Å². The van der Waals surface area contributed by atoms with Crippen molar-refractivity contribution >= 4 is 11.3 Å². The lowest BCUT2D eigenvalue weighted by Crippen LogP contribution is -2.16. The second-order valence-corrected chi connectivity index (χ2v) is 8.28. The molecule has 0 aliphatic carbocycles. The molecule has 2 aromatic carbocycles. The summed E-state index contributed by atoms with van der Waals surface area (Å²) in [6, 6.07) is 14.0. The fourth-order valence-corrected chi connectivity index (χ4v) is 4.32. The van der Waals surface area contributed by atoms with Crippen LogP contribution in [0, 0.1) is 19.8 Å². The Morgan fingerprint density at radius 2 is 1.52 bits per heavy atom. The van der Waals surface area contributed by atoms with E-state index in [0.717, 1.165) is 28.0 Å². The molecule has 1 unspecified atom stereocenters. The van der Waals surface area contributed by atoms with Crippen molar-refractivity contribution in [2.24, 2.45) is 5.92 Å². The summed E-state index contributed by atoms with van der Waals surface area (Å²) in [6.07, 6.45) is -4.72.